The average Bonchev–Trinajstić information content (AvgIpc) is 2.77. The highest BCUT2D eigenvalue weighted by Gasteiger charge is 2.15. The standard InChI is InChI=1S/C21H19ClFN3O4/c1-28-18-9-16(17(23)11-24-18)20-21(22)26-14(10-25-20)12-30-15-5-3-4-13(8-15)6-7-19(27)29-2/h3-5,8-11H,6-7,12H2,1-2H3. The molecule has 0 saturated heterocycles. The van der Waals surface area contributed by atoms with Crippen LogP contribution in [-0.4, -0.2) is 35.1 Å². The number of carbonyl (C=O) groups is 1. The fourth-order valence-electron chi connectivity index (χ4n) is 2.66. The molecule has 0 bridgehead atoms. The Labute approximate surface area is 177 Å². The molecule has 0 radical (unpaired) electrons. The summed E-state index contributed by atoms with van der Waals surface area (Å²) in [7, 11) is 2.79. The van der Waals surface area contributed by atoms with Gasteiger partial charge in [-0.05, 0) is 24.1 Å². The molecule has 156 valence electrons. The van der Waals surface area contributed by atoms with Crippen LogP contribution in [-0.2, 0) is 22.6 Å². The fraction of sp³-hybridized carbons (Fsp3) is 0.238. The summed E-state index contributed by atoms with van der Waals surface area (Å²) < 4.78 is 29.5. The van der Waals surface area contributed by atoms with Crippen LogP contribution in [0.1, 0.15) is 17.7 Å². The average molecular weight is 432 g/mol. The molecular formula is C21H19ClFN3O4. The number of aromatic nitrogens is 3. The van der Waals surface area contributed by atoms with Gasteiger partial charge in [0.1, 0.15) is 18.1 Å². The fourth-order valence-corrected chi connectivity index (χ4v) is 2.92. The lowest BCUT2D eigenvalue weighted by Crippen LogP contribution is -2.03. The molecule has 7 nitrogen and oxygen atoms in total. The summed E-state index contributed by atoms with van der Waals surface area (Å²) in [5, 5.41) is 0.0371. The molecule has 0 saturated carbocycles. The molecule has 30 heavy (non-hydrogen) atoms. The first-order valence-corrected chi connectivity index (χ1v) is 9.38. The van der Waals surface area contributed by atoms with E-state index in [0.29, 0.717) is 24.3 Å². The number of nitrogens with zero attached hydrogens (tertiary/aromatic N) is 3. The van der Waals surface area contributed by atoms with E-state index in [-0.39, 0.29) is 34.9 Å². The maximum atomic E-state index is 14.1. The second-order valence-corrected chi connectivity index (χ2v) is 6.58. The molecule has 1 aromatic carbocycles. The predicted molar refractivity (Wildman–Crippen MR) is 108 cm³/mol. The van der Waals surface area contributed by atoms with Gasteiger partial charge in [-0.15, -0.1) is 0 Å². The molecule has 3 rings (SSSR count). The van der Waals surface area contributed by atoms with E-state index in [4.69, 9.17) is 21.1 Å². The monoisotopic (exact) mass is 431 g/mol. The van der Waals surface area contributed by atoms with Crippen LogP contribution < -0.4 is 9.47 Å². The number of carbonyl (C=O) groups excluding carboxylic acids is 1. The third-order valence-corrected chi connectivity index (χ3v) is 4.47. The quantitative estimate of drug-likeness (QED) is 0.498. The Morgan fingerprint density at radius 2 is 2.00 bits per heavy atom. The summed E-state index contributed by atoms with van der Waals surface area (Å²) in [5.74, 6) is 0.00221. The van der Waals surface area contributed by atoms with Crippen molar-refractivity contribution in [3.8, 4) is 22.9 Å². The topological polar surface area (TPSA) is 83.4 Å². The van der Waals surface area contributed by atoms with Crippen molar-refractivity contribution in [1.29, 1.82) is 0 Å². The Morgan fingerprint density at radius 1 is 1.17 bits per heavy atom. The van der Waals surface area contributed by atoms with Gasteiger partial charge < -0.3 is 14.2 Å². The minimum atomic E-state index is -0.584. The summed E-state index contributed by atoms with van der Waals surface area (Å²) >= 11 is 6.22. The zero-order valence-electron chi connectivity index (χ0n) is 16.4. The first-order valence-electron chi connectivity index (χ1n) is 9.00. The van der Waals surface area contributed by atoms with Crippen molar-refractivity contribution in [2.75, 3.05) is 14.2 Å². The molecule has 2 heterocycles. The van der Waals surface area contributed by atoms with E-state index >= 15 is 0 Å². The first-order chi connectivity index (χ1) is 14.5. The van der Waals surface area contributed by atoms with Crippen LogP contribution in [0.5, 0.6) is 11.6 Å². The van der Waals surface area contributed by atoms with Crippen molar-refractivity contribution < 1.29 is 23.4 Å². The number of aryl methyl sites for hydroxylation is 1. The third kappa shape index (κ3) is 5.42. The van der Waals surface area contributed by atoms with Gasteiger partial charge in [0.25, 0.3) is 0 Å². The summed E-state index contributed by atoms with van der Waals surface area (Å²) in [4.78, 5) is 23.5. The molecule has 0 N–H and O–H groups in total. The zero-order valence-corrected chi connectivity index (χ0v) is 17.1. The molecule has 0 unspecified atom stereocenters. The van der Waals surface area contributed by atoms with Gasteiger partial charge in [-0.25, -0.2) is 14.4 Å². The van der Waals surface area contributed by atoms with Gasteiger partial charge in [-0.1, -0.05) is 23.7 Å². The van der Waals surface area contributed by atoms with E-state index in [0.717, 1.165) is 11.8 Å². The molecule has 0 spiro atoms. The molecule has 0 fully saturated rings. The van der Waals surface area contributed by atoms with Gasteiger partial charge in [0.05, 0.1) is 32.3 Å². The SMILES string of the molecule is COC(=O)CCc1cccc(OCc2cnc(-c3cc(OC)ncc3F)c(Cl)n2)c1. The van der Waals surface area contributed by atoms with Crippen LogP contribution in [0.25, 0.3) is 11.3 Å². The number of ether oxygens (including phenoxy) is 3. The number of rotatable bonds is 8. The van der Waals surface area contributed by atoms with Crippen molar-refractivity contribution in [1.82, 2.24) is 15.0 Å². The van der Waals surface area contributed by atoms with Crippen LogP contribution in [0.3, 0.4) is 0 Å². The Kier molecular flexibility index (Phi) is 7.13. The molecular weight excluding hydrogens is 413 g/mol. The Hall–Kier alpha value is -3.26. The number of halogens is 2. The highest BCUT2D eigenvalue weighted by molar-refractivity contribution is 6.31. The molecule has 0 aliphatic carbocycles. The van der Waals surface area contributed by atoms with Crippen molar-refractivity contribution in [2.24, 2.45) is 0 Å². The normalized spacial score (nSPS) is 10.5. The number of hydrogen-bond donors (Lipinski definition) is 0. The van der Waals surface area contributed by atoms with Gasteiger partial charge in [0.2, 0.25) is 5.88 Å². The maximum absolute atomic E-state index is 14.1. The Morgan fingerprint density at radius 3 is 2.73 bits per heavy atom. The van der Waals surface area contributed by atoms with E-state index in [9.17, 15) is 9.18 Å². The van der Waals surface area contributed by atoms with E-state index in [1.165, 1.54) is 26.5 Å². The number of esters is 1. The van der Waals surface area contributed by atoms with Crippen molar-refractivity contribution in [2.45, 2.75) is 19.4 Å². The second-order valence-electron chi connectivity index (χ2n) is 6.22. The van der Waals surface area contributed by atoms with Crippen molar-refractivity contribution >= 4 is 17.6 Å². The minimum absolute atomic E-state index is 0.0371. The molecule has 0 aliphatic rings. The van der Waals surface area contributed by atoms with Gasteiger partial charge in [0, 0.05) is 18.1 Å². The number of hydrogen-bond acceptors (Lipinski definition) is 7. The zero-order chi connectivity index (χ0) is 21.5. The molecule has 0 amide bonds. The highest BCUT2D eigenvalue weighted by atomic mass is 35.5. The molecule has 3 aromatic rings. The largest absolute Gasteiger partial charge is 0.487 e. The van der Waals surface area contributed by atoms with Crippen LogP contribution in [0.15, 0.2) is 42.7 Å². The lowest BCUT2D eigenvalue weighted by Gasteiger charge is -2.10. The van der Waals surface area contributed by atoms with Crippen LogP contribution in [0.4, 0.5) is 4.39 Å². The lowest BCUT2D eigenvalue weighted by molar-refractivity contribution is -0.140. The lowest BCUT2D eigenvalue weighted by atomic mass is 10.1. The summed E-state index contributed by atoms with van der Waals surface area (Å²) in [6.07, 6.45) is 3.34. The third-order valence-electron chi connectivity index (χ3n) is 4.20. The predicted octanol–water partition coefficient (Wildman–Crippen LogP) is 4.02. The maximum Gasteiger partial charge on any atom is 0.305 e. The van der Waals surface area contributed by atoms with Gasteiger partial charge in [-0.2, -0.15) is 0 Å². The van der Waals surface area contributed by atoms with Gasteiger partial charge in [-0.3, -0.25) is 9.78 Å². The van der Waals surface area contributed by atoms with Crippen LogP contribution >= 0.6 is 11.6 Å². The number of methoxy groups -OCH3 is 2. The highest BCUT2D eigenvalue weighted by Crippen LogP contribution is 2.28. The smallest absolute Gasteiger partial charge is 0.305 e. The van der Waals surface area contributed by atoms with Gasteiger partial charge >= 0.3 is 5.97 Å². The van der Waals surface area contributed by atoms with E-state index < -0.39 is 5.82 Å². The number of benzene rings is 1. The Bertz CT molecular complexity index is 1050. The molecule has 0 aliphatic heterocycles. The molecule has 9 heteroatoms. The first kappa shape index (κ1) is 21.4. The summed E-state index contributed by atoms with van der Waals surface area (Å²) in [6, 6.07) is 8.78. The van der Waals surface area contributed by atoms with Crippen molar-refractivity contribution in [3.63, 3.8) is 0 Å². The van der Waals surface area contributed by atoms with Gasteiger partial charge in [0.15, 0.2) is 11.0 Å². The molecule has 0 atom stereocenters. The van der Waals surface area contributed by atoms with Crippen LogP contribution in [0, 0.1) is 5.82 Å². The van der Waals surface area contributed by atoms with E-state index in [1.54, 1.807) is 6.07 Å². The van der Waals surface area contributed by atoms with Crippen molar-refractivity contribution in [3.05, 3.63) is 65.0 Å². The van der Waals surface area contributed by atoms with Crippen LogP contribution in [0.2, 0.25) is 5.15 Å². The Balaban J connectivity index is 1.69. The number of pyridine rings is 1. The summed E-state index contributed by atoms with van der Waals surface area (Å²) in [6.45, 7) is 0.121. The van der Waals surface area contributed by atoms with E-state index in [2.05, 4.69) is 19.7 Å². The minimum Gasteiger partial charge on any atom is -0.487 e. The molecule has 2 aromatic heterocycles. The summed E-state index contributed by atoms with van der Waals surface area (Å²) in [5.41, 5.74) is 1.75. The van der Waals surface area contributed by atoms with E-state index in [1.807, 2.05) is 18.2 Å². The second kappa shape index (κ2) is 9.98.